The Bertz CT molecular complexity index is 999. The molecule has 0 spiro atoms. The lowest BCUT2D eigenvalue weighted by molar-refractivity contribution is -0.137. The number of fused-ring (bicyclic) bond motifs is 1. The first-order valence-electron chi connectivity index (χ1n) is 10.4. The molecule has 4 nitrogen and oxygen atoms in total. The van der Waals surface area contributed by atoms with E-state index in [2.05, 4.69) is 35.2 Å². The normalized spacial score (nSPS) is 14.7. The van der Waals surface area contributed by atoms with E-state index in [0.29, 0.717) is 0 Å². The number of ether oxygens (including phenoxy) is 1. The van der Waals surface area contributed by atoms with Gasteiger partial charge in [0, 0.05) is 25.6 Å². The van der Waals surface area contributed by atoms with Crippen molar-refractivity contribution < 1.29 is 14.6 Å². The highest BCUT2D eigenvalue weighted by molar-refractivity contribution is 5.69. The minimum atomic E-state index is -0.765. The van der Waals surface area contributed by atoms with E-state index >= 15 is 0 Å². The minimum absolute atomic E-state index is 0.107. The van der Waals surface area contributed by atoms with Crippen molar-refractivity contribution in [3.63, 3.8) is 0 Å². The predicted molar refractivity (Wildman–Crippen MR) is 118 cm³/mol. The fraction of sp³-hybridized carbons (Fsp3) is 0.269. The summed E-state index contributed by atoms with van der Waals surface area (Å²) >= 11 is 0. The molecular formula is C26H27NO3. The largest absolute Gasteiger partial charge is 0.497 e. The van der Waals surface area contributed by atoms with Crippen LogP contribution in [-0.4, -0.2) is 29.6 Å². The van der Waals surface area contributed by atoms with E-state index < -0.39 is 5.97 Å². The topological polar surface area (TPSA) is 49.8 Å². The van der Waals surface area contributed by atoms with Gasteiger partial charge in [0.25, 0.3) is 0 Å². The van der Waals surface area contributed by atoms with Crippen LogP contribution in [0, 0.1) is 0 Å². The summed E-state index contributed by atoms with van der Waals surface area (Å²) in [4.78, 5) is 14.1. The summed E-state index contributed by atoms with van der Waals surface area (Å²) in [6.07, 6.45) is 1.04. The highest BCUT2D eigenvalue weighted by atomic mass is 16.5. The Morgan fingerprint density at radius 2 is 1.80 bits per heavy atom. The van der Waals surface area contributed by atoms with Gasteiger partial charge in [0.2, 0.25) is 0 Å². The molecule has 1 unspecified atom stereocenters. The molecule has 4 heteroatoms. The number of hydrogen-bond acceptors (Lipinski definition) is 3. The smallest absolute Gasteiger partial charge is 0.304 e. The number of nitrogens with zero attached hydrogens (tertiary/aromatic N) is 1. The Labute approximate surface area is 177 Å². The number of carbonyl (C=O) groups is 1. The second kappa shape index (κ2) is 9.14. The van der Waals surface area contributed by atoms with Crippen LogP contribution in [0.3, 0.4) is 0 Å². The standard InChI is InChI=1S/C26H27NO3/c1-30-22-12-10-19(11-13-22)17-27-15-14-23-21(18-27)8-5-9-24(23)25(16-26(28)29)20-6-3-2-4-7-20/h2-13,25H,14-18H2,1H3,(H,28,29). The third-order valence-corrected chi connectivity index (χ3v) is 5.90. The van der Waals surface area contributed by atoms with Crippen LogP contribution >= 0.6 is 0 Å². The average Bonchev–Trinajstić information content (AvgIpc) is 2.78. The molecule has 1 aliphatic heterocycles. The van der Waals surface area contributed by atoms with Gasteiger partial charge in [0.05, 0.1) is 13.5 Å². The fourth-order valence-electron chi connectivity index (χ4n) is 4.42. The van der Waals surface area contributed by atoms with Gasteiger partial charge in [0.1, 0.15) is 5.75 Å². The van der Waals surface area contributed by atoms with Gasteiger partial charge in [0.15, 0.2) is 0 Å². The SMILES string of the molecule is COc1ccc(CN2CCc3c(cccc3C(CC(=O)O)c3ccccc3)C2)cc1. The minimum Gasteiger partial charge on any atom is -0.497 e. The molecule has 0 aliphatic carbocycles. The van der Waals surface area contributed by atoms with Crippen molar-refractivity contribution in [3.05, 3.63) is 101 Å². The average molecular weight is 402 g/mol. The van der Waals surface area contributed by atoms with Gasteiger partial charge < -0.3 is 9.84 Å². The van der Waals surface area contributed by atoms with Crippen LogP contribution < -0.4 is 4.74 Å². The molecule has 1 N–H and O–H groups in total. The maximum atomic E-state index is 11.6. The summed E-state index contributed by atoms with van der Waals surface area (Å²) in [5.74, 6) is -0.0112. The molecule has 0 aromatic heterocycles. The molecule has 1 heterocycles. The van der Waals surface area contributed by atoms with Gasteiger partial charge in [-0.15, -0.1) is 0 Å². The quantitative estimate of drug-likeness (QED) is 0.614. The fourth-order valence-corrected chi connectivity index (χ4v) is 4.42. The van der Waals surface area contributed by atoms with E-state index in [1.165, 1.54) is 16.7 Å². The zero-order chi connectivity index (χ0) is 20.9. The first kappa shape index (κ1) is 20.2. The zero-order valence-corrected chi connectivity index (χ0v) is 17.3. The van der Waals surface area contributed by atoms with Crippen LogP contribution in [0.25, 0.3) is 0 Å². The summed E-state index contributed by atoms with van der Waals surface area (Å²) < 4.78 is 5.25. The molecule has 0 saturated heterocycles. The summed E-state index contributed by atoms with van der Waals surface area (Å²) in [7, 11) is 1.68. The third-order valence-electron chi connectivity index (χ3n) is 5.90. The molecule has 3 aromatic carbocycles. The van der Waals surface area contributed by atoms with Crippen molar-refractivity contribution in [1.82, 2.24) is 4.90 Å². The van der Waals surface area contributed by atoms with Crippen LogP contribution in [0.15, 0.2) is 72.8 Å². The summed E-state index contributed by atoms with van der Waals surface area (Å²) in [6.45, 7) is 2.74. The van der Waals surface area contributed by atoms with Crippen molar-refractivity contribution in [2.75, 3.05) is 13.7 Å². The van der Waals surface area contributed by atoms with Gasteiger partial charge in [-0.05, 0) is 46.4 Å². The van der Waals surface area contributed by atoms with Crippen molar-refractivity contribution >= 4 is 5.97 Å². The van der Waals surface area contributed by atoms with Crippen LogP contribution in [0.4, 0.5) is 0 Å². The Morgan fingerprint density at radius 3 is 2.50 bits per heavy atom. The van der Waals surface area contributed by atoms with Crippen LogP contribution in [0.1, 0.15) is 40.2 Å². The van der Waals surface area contributed by atoms with Crippen molar-refractivity contribution in [1.29, 1.82) is 0 Å². The van der Waals surface area contributed by atoms with Gasteiger partial charge in [-0.3, -0.25) is 9.69 Å². The molecular weight excluding hydrogens is 374 g/mol. The van der Waals surface area contributed by atoms with Crippen LogP contribution in [-0.2, 0) is 24.3 Å². The molecule has 3 aromatic rings. The maximum absolute atomic E-state index is 11.6. The number of benzene rings is 3. The Balaban J connectivity index is 1.57. The number of aliphatic carboxylic acids is 1. The Hall–Kier alpha value is -3.11. The highest BCUT2D eigenvalue weighted by Gasteiger charge is 2.25. The lowest BCUT2D eigenvalue weighted by atomic mass is 9.82. The van der Waals surface area contributed by atoms with Gasteiger partial charge >= 0.3 is 5.97 Å². The molecule has 1 atom stereocenters. The molecule has 0 radical (unpaired) electrons. The first-order chi connectivity index (χ1) is 14.6. The predicted octanol–water partition coefficient (Wildman–Crippen LogP) is 4.86. The molecule has 154 valence electrons. The van der Waals surface area contributed by atoms with Crippen molar-refractivity contribution in [2.24, 2.45) is 0 Å². The second-order valence-corrected chi connectivity index (χ2v) is 7.85. The van der Waals surface area contributed by atoms with E-state index in [4.69, 9.17) is 4.74 Å². The van der Waals surface area contributed by atoms with Crippen LogP contribution in [0.5, 0.6) is 5.75 Å². The molecule has 4 rings (SSSR count). The molecule has 30 heavy (non-hydrogen) atoms. The van der Waals surface area contributed by atoms with Crippen molar-refractivity contribution in [3.8, 4) is 5.75 Å². The first-order valence-corrected chi connectivity index (χ1v) is 10.4. The number of hydrogen-bond donors (Lipinski definition) is 1. The molecule has 0 saturated carbocycles. The van der Waals surface area contributed by atoms with E-state index in [-0.39, 0.29) is 12.3 Å². The number of methoxy groups -OCH3 is 1. The third kappa shape index (κ3) is 4.55. The summed E-state index contributed by atoms with van der Waals surface area (Å²) in [5, 5.41) is 9.54. The van der Waals surface area contributed by atoms with E-state index in [9.17, 15) is 9.90 Å². The number of rotatable bonds is 7. The monoisotopic (exact) mass is 401 g/mol. The molecule has 0 fully saturated rings. The van der Waals surface area contributed by atoms with Gasteiger partial charge in [-0.2, -0.15) is 0 Å². The molecule has 1 aliphatic rings. The number of carboxylic acids is 1. The van der Waals surface area contributed by atoms with Gasteiger partial charge in [-0.25, -0.2) is 0 Å². The van der Waals surface area contributed by atoms with E-state index in [0.717, 1.165) is 42.9 Å². The van der Waals surface area contributed by atoms with Crippen molar-refractivity contribution in [2.45, 2.75) is 31.8 Å². The summed E-state index contributed by atoms with van der Waals surface area (Å²) in [6, 6.07) is 24.6. The Kier molecular flexibility index (Phi) is 6.15. The summed E-state index contributed by atoms with van der Waals surface area (Å²) in [5.41, 5.74) is 6.11. The molecule has 0 bridgehead atoms. The molecule has 0 amide bonds. The van der Waals surface area contributed by atoms with E-state index in [1.807, 2.05) is 42.5 Å². The lowest BCUT2D eigenvalue weighted by Gasteiger charge is -2.32. The lowest BCUT2D eigenvalue weighted by Crippen LogP contribution is -2.31. The van der Waals surface area contributed by atoms with Gasteiger partial charge in [-0.1, -0.05) is 60.7 Å². The van der Waals surface area contributed by atoms with Crippen LogP contribution in [0.2, 0.25) is 0 Å². The van der Waals surface area contributed by atoms with E-state index in [1.54, 1.807) is 7.11 Å². The maximum Gasteiger partial charge on any atom is 0.304 e. The number of carboxylic acid groups (broad SMARTS) is 1. The zero-order valence-electron chi connectivity index (χ0n) is 17.3. The second-order valence-electron chi connectivity index (χ2n) is 7.85. The Morgan fingerprint density at radius 1 is 1.03 bits per heavy atom. The highest BCUT2D eigenvalue weighted by Crippen LogP contribution is 2.34.